The van der Waals surface area contributed by atoms with E-state index < -0.39 is 0 Å². The number of carbonyl (C=O) groups is 1. The molecule has 2 N–H and O–H groups in total. The van der Waals surface area contributed by atoms with E-state index in [1.165, 1.54) is 30.6 Å². The number of nitrogens with zero attached hydrogens (tertiary/aromatic N) is 1. The van der Waals surface area contributed by atoms with Crippen LogP contribution in [0.15, 0.2) is 29.6 Å². The molecular formula is C24H34ClNO3S. The van der Waals surface area contributed by atoms with Gasteiger partial charge in [0.1, 0.15) is 5.75 Å². The Labute approximate surface area is 190 Å². The minimum Gasteiger partial charge on any atom is -0.507 e. The highest BCUT2D eigenvalue weighted by Crippen LogP contribution is 2.36. The van der Waals surface area contributed by atoms with E-state index in [1.807, 2.05) is 29.6 Å². The minimum atomic E-state index is -0.281. The predicted molar refractivity (Wildman–Crippen MR) is 126 cm³/mol. The molecule has 1 heterocycles. The zero-order chi connectivity index (χ0) is 21.0. The zero-order valence-corrected chi connectivity index (χ0v) is 19.8. The fourth-order valence-corrected chi connectivity index (χ4v) is 4.94. The van der Waals surface area contributed by atoms with E-state index >= 15 is 0 Å². The lowest BCUT2D eigenvalue weighted by atomic mass is 9.83. The number of hydrogen-bond donors (Lipinski definition) is 2. The first-order chi connectivity index (χ1) is 13.8. The van der Waals surface area contributed by atoms with Crippen molar-refractivity contribution in [2.45, 2.75) is 70.9 Å². The van der Waals surface area contributed by atoms with Crippen molar-refractivity contribution in [3.63, 3.8) is 0 Å². The number of aromatic hydroxyl groups is 1. The molecule has 0 bridgehead atoms. The lowest BCUT2D eigenvalue weighted by Gasteiger charge is -2.34. The van der Waals surface area contributed by atoms with Gasteiger partial charge in [-0.3, -0.25) is 9.69 Å². The van der Waals surface area contributed by atoms with E-state index in [4.69, 9.17) is 0 Å². The second-order valence-electron chi connectivity index (χ2n) is 9.07. The summed E-state index contributed by atoms with van der Waals surface area (Å²) in [5, 5.41) is 22.6. The maximum absolute atomic E-state index is 13.0. The van der Waals surface area contributed by atoms with Crippen LogP contribution >= 0.6 is 23.7 Å². The summed E-state index contributed by atoms with van der Waals surface area (Å²) in [5.74, 6) is 0.275. The first kappa shape index (κ1) is 24.9. The van der Waals surface area contributed by atoms with Crippen LogP contribution in [0.3, 0.4) is 0 Å². The van der Waals surface area contributed by atoms with Crippen molar-refractivity contribution in [3.8, 4) is 5.75 Å². The standard InChI is InChI=1S/C24H33NO3S.ClH/c1-24(2,3)20-15-17(23(28)21-10-7-13-29-21)14-18(22(20)27)16-25(11-12-26)19-8-5-4-6-9-19;/h7,10,13-15,19,26-27H,4-6,8-9,11-12,16H2,1-3H3;1H. The highest BCUT2D eigenvalue weighted by molar-refractivity contribution is 7.12. The number of phenolic OH excluding ortho intramolecular Hbond substituents is 1. The number of thiophene rings is 1. The van der Waals surface area contributed by atoms with Crippen molar-refractivity contribution in [1.82, 2.24) is 4.90 Å². The Kier molecular flexibility index (Phi) is 8.92. The van der Waals surface area contributed by atoms with Crippen molar-refractivity contribution in [1.29, 1.82) is 0 Å². The topological polar surface area (TPSA) is 60.8 Å². The molecule has 1 aliphatic rings. The Bertz CT molecular complexity index is 824. The van der Waals surface area contributed by atoms with E-state index in [0.717, 1.165) is 24.0 Å². The normalized spacial score (nSPS) is 15.2. The van der Waals surface area contributed by atoms with E-state index in [2.05, 4.69) is 25.7 Å². The lowest BCUT2D eigenvalue weighted by Crippen LogP contribution is -2.38. The Morgan fingerprint density at radius 3 is 2.47 bits per heavy atom. The van der Waals surface area contributed by atoms with E-state index in [9.17, 15) is 15.0 Å². The van der Waals surface area contributed by atoms with E-state index in [-0.39, 0.29) is 36.0 Å². The van der Waals surface area contributed by atoms with Crippen molar-refractivity contribution in [3.05, 3.63) is 51.2 Å². The molecule has 0 aliphatic heterocycles. The Hall–Kier alpha value is -1.40. The van der Waals surface area contributed by atoms with Gasteiger partial charge in [0, 0.05) is 35.8 Å². The van der Waals surface area contributed by atoms with E-state index in [1.54, 1.807) is 0 Å². The van der Waals surface area contributed by atoms with Crippen LogP contribution in [0.4, 0.5) is 0 Å². The van der Waals surface area contributed by atoms with Gasteiger partial charge in [-0.15, -0.1) is 23.7 Å². The van der Waals surface area contributed by atoms with Gasteiger partial charge in [-0.2, -0.15) is 0 Å². The fraction of sp³-hybridized carbons (Fsp3) is 0.542. The predicted octanol–water partition coefficient (Wildman–Crippen LogP) is 5.53. The summed E-state index contributed by atoms with van der Waals surface area (Å²) in [6.45, 7) is 7.38. The third kappa shape index (κ3) is 5.85. The molecule has 0 radical (unpaired) electrons. The average Bonchev–Trinajstić information content (AvgIpc) is 3.23. The molecule has 0 spiro atoms. The third-order valence-corrected chi connectivity index (χ3v) is 6.72. The summed E-state index contributed by atoms with van der Waals surface area (Å²) < 4.78 is 0. The smallest absolute Gasteiger partial charge is 0.202 e. The minimum absolute atomic E-state index is 0. The molecular weight excluding hydrogens is 418 g/mol. The summed E-state index contributed by atoms with van der Waals surface area (Å²) in [5.41, 5.74) is 1.91. The van der Waals surface area contributed by atoms with Gasteiger partial charge in [-0.05, 0) is 41.8 Å². The maximum atomic E-state index is 13.0. The van der Waals surface area contributed by atoms with Crippen molar-refractivity contribution in [2.24, 2.45) is 0 Å². The van der Waals surface area contributed by atoms with Gasteiger partial charge in [-0.1, -0.05) is 46.1 Å². The van der Waals surface area contributed by atoms with Gasteiger partial charge in [0.15, 0.2) is 0 Å². The van der Waals surface area contributed by atoms with Gasteiger partial charge in [0.2, 0.25) is 5.78 Å². The fourth-order valence-electron chi connectivity index (χ4n) is 4.25. The van der Waals surface area contributed by atoms with Crippen LogP contribution in [0.5, 0.6) is 5.75 Å². The van der Waals surface area contributed by atoms with Gasteiger partial charge in [0.05, 0.1) is 11.5 Å². The summed E-state index contributed by atoms with van der Waals surface area (Å²) in [6.07, 6.45) is 5.94. The van der Waals surface area contributed by atoms with Crippen LogP contribution in [-0.2, 0) is 12.0 Å². The Morgan fingerprint density at radius 1 is 1.20 bits per heavy atom. The maximum Gasteiger partial charge on any atom is 0.202 e. The number of halogens is 1. The summed E-state index contributed by atoms with van der Waals surface area (Å²) in [6, 6.07) is 7.84. The first-order valence-corrected chi connectivity index (χ1v) is 11.5. The van der Waals surface area contributed by atoms with Crippen molar-refractivity contribution in [2.75, 3.05) is 13.2 Å². The molecule has 1 saturated carbocycles. The number of carbonyl (C=O) groups excluding carboxylic acids is 1. The molecule has 1 aromatic carbocycles. The molecule has 166 valence electrons. The molecule has 1 fully saturated rings. The van der Waals surface area contributed by atoms with Crippen LogP contribution in [0.1, 0.15) is 79.2 Å². The van der Waals surface area contributed by atoms with Gasteiger partial charge in [-0.25, -0.2) is 0 Å². The quantitative estimate of drug-likeness (QED) is 0.543. The van der Waals surface area contributed by atoms with Crippen molar-refractivity contribution >= 4 is 29.5 Å². The third-order valence-electron chi connectivity index (χ3n) is 5.86. The monoisotopic (exact) mass is 451 g/mol. The van der Waals surface area contributed by atoms with E-state index in [0.29, 0.717) is 29.6 Å². The second kappa shape index (κ2) is 10.8. The van der Waals surface area contributed by atoms with Crippen LogP contribution < -0.4 is 0 Å². The van der Waals surface area contributed by atoms with Crippen LogP contribution in [-0.4, -0.2) is 40.1 Å². The molecule has 30 heavy (non-hydrogen) atoms. The molecule has 0 amide bonds. The SMILES string of the molecule is CC(C)(C)c1cc(C(=O)c2cccs2)cc(CN(CCO)C2CCCCC2)c1O.Cl. The number of phenols is 1. The number of rotatable bonds is 7. The zero-order valence-electron chi connectivity index (χ0n) is 18.2. The lowest BCUT2D eigenvalue weighted by molar-refractivity contribution is 0.104. The second-order valence-corrected chi connectivity index (χ2v) is 10.0. The molecule has 6 heteroatoms. The van der Waals surface area contributed by atoms with Gasteiger partial charge in [0.25, 0.3) is 0 Å². The molecule has 3 rings (SSSR count). The molecule has 0 atom stereocenters. The molecule has 1 aliphatic carbocycles. The van der Waals surface area contributed by atoms with Crippen LogP contribution in [0.2, 0.25) is 0 Å². The molecule has 4 nitrogen and oxygen atoms in total. The highest BCUT2D eigenvalue weighted by Gasteiger charge is 2.27. The first-order valence-electron chi connectivity index (χ1n) is 10.6. The van der Waals surface area contributed by atoms with Gasteiger partial charge < -0.3 is 10.2 Å². The highest BCUT2D eigenvalue weighted by atomic mass is 35.5. The number of aliphatic hydroxyl groups excluding tert-OH is 1. The number of aliphatic hydroxyl groups is 1. The Balaban J connectivity index is 0.00000320. The number of hydrogen-bond acceptors (Lipinski definition) is 5. The Morgan fingerprint density at radius 2 is 1.90 bits per heavy atom. The largest absolute Gasteiger partial charge is 0.507 e. The average molecular weight is 452 g/mol. The molecule has 0 unspecified atom stereocenters. The molecule has 0 saturated heterocycles. The molecule has 2 aromatic rings. The summed E-state index contributed by atoms with van der Waals surface area (Å²) in [4.78, 5) is 16.0. The van der Waals surface area contributed by atoms with Crippen LogP contribution in [0, 0.1) is 0 Å². The van der Waals surface area contributed by atoms with Crippen LogP contribution in [0.25, 0.3) is 0 Å². The number of benzene rings is 1. The van der Waals surface area contributed by atoms with Crippen molar-refractivity contribution < 1.29 is 15.0 Å². The summed E-state index contributed by atoms with van der Waals surface area (Å²) in [7, 11) is 0. The number of ketones is 1. The summed E-state index contributed by atoms with van der Waals surface area (Å²) >= 11 is 1.44. The molecule has 1 aromatic heterocycles. The van der Waals surface area contributed by atoms with Gasteiger partial charge >= 0.3 is 0 Å².